The summed E-state index contributed by atoms with van der Waals surface area (Å²) in [4.78, 5) is 20.1. The SMILES string of the molecule is Cc1noc(C)c1Cn1cc(-c2ccc3c(c2)Nc2ccc(CCOc4ccc(N5CCOCC5)cc4)cc2NC3=O)c2ccncc21. The molecule has 0 saturated carbocycles. The number of pyridine rings is 1. The summed E-state index contributed by atoms with van der Waals surface area (Å²) in [5, 5.41) is 11.8. The Morgan fingerprint density at radius 3 is 2.56 bits per heavy atom. The predicted octanol–water partition coefficient (Wildman–Crippen LogP) is 7.12. The van der Waals surface area contributed by atoms with Crippen LogP contribution in [0.1, 0.15) is 32.9 Å². The number of aromatic nitrogens is 3. The van der Waals surface area contributed by atoms with Gasteiger partial charge in [0.2, 0.25) is 0 Å². The highest BCUT2D eigenvalue weighted by Gasteiger charge is 2.22. The minimum Gasteiger partial charge on any atom is -0.493 e. The molecule has 0 spiro atoms. The molecule has 0 atom stereocenters. The molecule has 0 aliphatic carbocycles. The molecule has 1 amide bonds. The number of amides is 1. The summed E-state index contributed by atoms with van der Waals surface area (Å²) in [6.07, 6.45) is 6.53. The highest BCUT2D eigenvalue weighted by atomic mass is 16.5. The second kappa shape index (κ2) is 12.5. The van der Waals surface area contributed by atoms with Gasteiger partial charge in [-0.05, 0) is 79.6 Å². The van der Waals surface area contributed by atoms with E-state index in [0.29, 0.717) is 25.1 Å². The van der Waals surface area contributed by atoms with Crippen molar-refractivity contribution in [2.75, 3.05) is 48.4 Å². The van der Waals surface area contributed by atoms with Gasteiger partial charge in [0.15, 0.2) is 0 Å². The highest BCUT2D eigenvalue weighted by molar-refractivity contribution is 6.13. The van der Waals surface area contributed by atoms with Crippen LogP contribution in [0.3, 0.4) is 0 Å². The zero-order valence-electron chi connectivity index (χ0n) is 27.0. The van der Waals surface area contributed by atoms with Crippen molar-refractivity contribution in [1.82, 2.24) is 14.7 Å². The zero-order chi connectivity index (χ0) is 32.6. The Morgan fingerprint density at radius 2 is 1.75 bits per heavy atom. The number of aryl methyl sites for hydroxylation is 2. The van der Waals surface area contributed by atoms with Crippen LogP contribution >= 0.6 is 0 Å². The van der Waals surface area contributed by atoms with Crippen molar-refractivity contribution in [3.05, 3.63) is 113 Å². The lowest BCUT2D eigenvalue weighted by atomic mass is 10.0. The second-order valence-electron chi connectivity index (χ2n) is 12.3. The van der Waals surface area contributed by atoms with E-state index in [-0.39, 0.29) is 5.91 Å². The number of anilines is 4. The van der Waals surface area contributed by atoms with Gasteiger partial charge < -0.3 is 34.1 Å². The van der Waals surface area contributed by atoms with Gasteiger partial charge >= 0.3 is 0 Å². The van der Waals surface area contributed by atoms with E-state index in [0.717, 1.165) is 93.7 Å². The van der Waals surface area contributed by atoms with Gasteiger partial charge in [-0.25, -0.2) is 0 Å². The van der Waals surface area contributed by atoms with Crippen molar-refractivity contribution >= 4 is 39.6 Å². The summed E-state index contributed by atoms with van der Waals surface area (Å²) in [5.41, 5.74) is 10.2. The van der Waals surface area contributed by atoms with Gasteiger partial charge in [-0.3, -0.25) is 9.78 Å². The van der Waals surface area contributed by atoms with Crippen molar-refractivity contribution in [1.29, 1.82) is 0 Å². The van der Waals surface area contributed by atoms with E-state index in [1.54, 1.807) is 0 Å². The first-order valence-corrected chi connectivity index (χ1v) is 16.3. The maximum Gasteiger partial charge on any atom is 0.257 e. The first-order valence-electron chi connectivity index (χ1n) is 16.3. The lowest BCUT2D eigenvalue weighted by molar-refractivity contribution is 0.102. The molecular weight excluding hydrogens is 604 g/mol. The van der Waals surface area contributed by atoms with Gasteiger partial charge in [-0.2, -0.15) is 0 Å². The first kappa shape index (κ1) is 29.8. The predicted molar refractivity (Wildman–Crippen MR) is 187 cm³/mol. The third-order valence-corrected chi connectivity index (χ3v) is 9.24. The molecule has 2 aliphatic rings. The van der Waals surface area contributed by atoms with Crippen molar-refractivity contribution in [3.8, 4) is 16.9 Å². The number of carbonyl (C=O) groups is 1. The summed E-state index contributed by atoms with van der Waals surface area (Å²) in [5.74, 6) is 1.50. The fourth-order valence-corrected chi connectivity index (χ4v) is 6.57. The molecule has 2 N–H and O–H groups in total. The maximum absolute atomic E-state index is 13.4. The van der Waals surface area contributed by atoms with Crippen LogP contribution in [0, 0.1) is 13.8 Å². The van der Waals surface area contributed by atoms with Crippen LogP contribution in [-0.2, 0) is 17.7 Å². The molecule has 5 heterocycles. The Balaban J connectivity index is 0.992. The normalized spacial score (nSPS) is 14.2. The smallest absolute Gasteiger partial charge is 0.257 e. The van der Waals surface area contributed by atoms with Crippen LogP contribution in [0.2, 0.25) is 0 Å². The van der Waals surface area contributed by atoms with Crippen LogP contribution in [-0.4, -0.2) is 53.5 Å². The standard InChI is InChI=1S/C38H36N6O4/c1-24-32(25(2)48-42-24)22-44-23-33(30-11-13-39-21-37(30)44)27-4-9-31-35(20-27)40-34-10-3-26(19-36(34)41-38(31)45)12-16-47-29-7-5-28(6-8-29)43-14-17-46-18-15-43/h3-11,13,19-21,23,40H,12,14-18,22H2,1-2H3,(H,41,45). The van der Waals surface area contributed by atoms with E-state index in [4.69, 9.17) is 14.0 Å². The third-order valence-electron chi connectivity index (χ3n) is 9.24. The monoisotopic (exact) mass is 640 g/mol. The molecule has 0 radical (unpaired) electrons. The molecule has 1 fully saturated rings. The van der Waals surface area contributed by atoms with Crippen LogP contribution in [0.15, 0.2) is 89.8 Å². The van der Waals surface area contributed by atoms with Gasteiger partial charge in [0.1, 0.15) is 11.5 Å². The lowest BCUT2D eigenvalue weighted by Gasteiger charge is -2.28. The highest BCUT2D eigenvalue weighted by Crippen LogP contribution is 2.38. The second-order valence-corrected chi connectivity index (χ2v) is 12.3. The van der Waals surface area contributed by atoms with Gasteiger partial charge in [0.05, 0.1) is 66.4 Å². The van der Waals surface area contributed by atoms with Crippen LogP contribution in [0.5, 0.6) is 5.75 Å². The number of nitrogens with one attached hydrogen (secondary N) is 2. The van der Waals surface area contributed by atoms with Crippen molar-refractivity contribution in [2.24, 2.45) is 0 Å². The van der Waals surface area contributed by atoms with Crippen LogP contribution < -0.4 is 20.3 Å². The average molecular weight is 641 g/mol. The van der Waals surface area contributed by atoms with Gasteiger partial charge in [0.25, 0.3) is 5.91 Å². The number of rotatable bonds is 8. The van der Waals surface area contributed by atoms with Gasteiger partial charge in [-0.15, -0.1) is 0 Å². The minimum atomic E-state index is -0.151. The molecule has 2 aliphatic heterocycles. The summed E-state index contributed by atoms with van der Waals surface area (Å²) in [6, 6.07) is 22.3. The van der Waals surface area contributed by atoms with Crippen LogP contribution in [0.4, 0.5) is 22.7 Å². The molecule has 10 heteroatoms. The van der Waals surface area contributed by atoms with E-state index in [1.165, 1.54) is 5.69 Å². The van der Waals surface area contributed by atoms with E-state index in [9.17, 15) is 4.79 Å². The summed E-state index contributed by atoms with van der Waals surface area (Å²) >= 11 is 0. The summed E-state index contributed by atoms with van der Waals surface area (Å²) in [7, 11) is 0. The molecular formula is C38H36N6O4. The molecule has 6 aromatic rings. The molecule has 242 valence electrons. The molecule has 3 aromatic heterocycles. The molecule has 3 aromatic carbocycles. The Morgan fingerprint density at radius 1 is 0.896 bits per heavy atom. The minimum absolute atomic E-state index is 0.151. The topological polar surface area (TPSA) is 107 Å². The van der Waals surface area contributed by atoms with E-state index >= 15 is 0 Å². The van der Waals surface area contributed by atoms with E-state index < -0.39 is 0 Å². The van der Waals surface area contributed by atoms with Crippen LogP contribution in [0.25, 0.3) is 22.0 Å². The largest absolute Gasteiger partial charge is 0.493 e. The number of hydrogen-bond donors (Lipinski definition) is 2. The van der Waals surface area contributed by atoms with Crippen molar-refractivity contribution in [2.45, 2.75) is 26.8 Å². The van der Waals surface area contributed by atoms with Crippen molar-refractivity contribution in [3.63, 3.8) is 0 Å². The number of hydrogen-bond acceptors (Lipinski definition) is 8. The third kappa shape index (κ3) is 5.75. The Kier molecular flexibility index (Phi) is 7.78. The number of benzene rings is 3. The van der Waals surface area contributed by atoms with E-state index in [1.807, 2.05) is 74.8 Å². The number of morpholine rings is 1. The molecule has 1 saturated heterocycles. The quantitative estimate of drug-likeness (QED) is 0.181. The fraction of sp³-hybridized carbons (Fsp3) is 0.237. The Hall–Kier alpha value is -5.61. The van der Waals surface area contributed by atoms with Crippen molar-refractivity contribution < 1.29 is 18.8 Å². The fourth-order valence-electron chi connectivity index (χ4n) is 6.57. The summed E-state index contributed by atoms with van der Waals surface area (Å²) < 4.78 is 19.1. The van der Waals surface area contributed by atoms with E-state index in [2.05, 4.69) is 54.6 Å². The Labute approximate surface area is 278 Å². The summed E-state index contributed by atoms with van der Waals surface area (Å²) in [6.45, 7) is 8.38. The first-order chi connectivity index (χ1) is 23.5. The zero-order valence-corrected chi connectivity index (χ0v) is 27.0. The Bertz CT molecular complexity index is 2110. The lowest BCUT2D eigenvalue weighted by Crippen LogP contribution is -2.36. The molecule has 0 unspecified atom stereocenters. The van der Waals surface area contributed by atoms with Gasteiger partial charge in [-0.1, -0.05) is 17.3 Å². The number of ether oxygens (including phenoxy) is 2. The molecule has 48 heavy (non-hydrogen) atoms. The molecule has 8 rings (SSSR count). The molecule has 0 bridgehead atoms. The number of carbonyl (C=O) groups excluding carboxylic acids is 1. The number of fused-ring (bicyclic) bond motifs is 3. The molecule has 10 nitrogen and oxygen atoms in total. The average Bonchev–Trinajstić information content (AvgIpc) is 3.60. The number of nitrogens with zero attached hydrogens (tertiary/aromatic N) is 4. The maximum atomic E-state index is 13.4. The van der Waals surface area contributed by atoms with Gasteiger partial charge in [0, 0.05) is 54.1 Å².